The quantitative estimate of drug-likeness (QED) is 0.772. The van der Waals surface area contributed by atoms with Crippen LogP contribution in [0, 0.1) is 5.92 Å². The van der Waals surface area contributed by atoms with Crippen molar-refractivity contribution in [3.63, 3.8) is 0 Å². The van der Waals surface area contributed by atoms with Crippen LogP contribution in [0.1, 0.15) is 43.6 Å². The first kappa shape index (κ1) is 12.9. The summed E-state index contributed by atoms with van der Waals surface area (Å²) in [5.41, 5.74) is 1.48. The van der Waals surface area contributed by atoms with E-state index in [2.05, 4.69) is 42.3 Å². The van der Waals surface area contributed by atoms with E-state index in [4.69, 9.17) is 0 Å². The van der Waals surface area contributed by atoms with Crippen molar-refractivity contribution in [3.8, 4) is 0 Å². The Kier molecular flexibility index (Phi) is 3.69. The van der Waals surface area contributed by atoms with Gasteiger partial charge in [0, 0.05) is 18.5 Å². The topological polar surface area (TPSA) is 20.3 Å². The summed E-state index contributed by atoms with van der Waals surface area (Å²) in [7, 11) is 2.28. The molecule has 1 aromatic carbocycles. The van der Waals surface area contributed by atoms with Gasteiger partial charge in [-0.1, -0.05) is 30.3 Å². The molecule has 19 heavy (non-hydrogen) atoms. The zero-order chi connectivity index (χ0) is 13.2. The minimum absolute atomic E-state index is 0.648. The summed E-state index contributed by atoms with van der Waals surface area (Å²) < 4.78 is 0. The Morgan fingerprint density at radius 2 is 2.05 bits per heavy atom. The van der Waals surface area contributed by atoms with Gasteiger partial charge in [-0.15, -0.1) is 0 Å². The maximum absolute atomic E-state index is 10.8. The zero-order valence-electron chi connectivity index (χ0n) is 11.7. The minimum Gasteiger partial charge on any atom is -0.303 e. The van der Waals surface area contributed by atoms with Crippen LogP contribution in [-0.4, -0.2) is 30.3 Å². The van der Waals surface area contributed by atoms with Crippen LogP contribution in [0.5, 0.6) is 0 Å². The Morgan fingerprint density at radius 3 is 2.79 bits per heavy atom. The standard InChI is InChI=1S/C17H23NO/c1-18-14-9-10-17(18)15(8-5-11-19)16(12-14)13-6-3-2-4-7-13/h2-4,6-7,11,14-17H,5,8-10,12H2,1H3/t14-,15?,16?,17+/m0/s1. The molecule has 2 saturated heterocycles. The van der Waals surface area contributed by atoms with Gasteiger partial charge >= 0.3 is 0 Å². The lowest BCUT2D eigenvalue weighted by Gasteiger charge is -2.43. The molecule has 2 aliphatic heterocycles. The highest BCUT2D eigenvalue weighted by Crippen LogP contribution is 2.47. The summed E-state index contributed by atoms with van der Waals surface area (Å²) in [6, 6.07) is 12.4. The van der Waals surface area contributed by atoms with Crippen LogP contribution in [0.15, 0.2) is 30.3 Å². The predicted molar refractivity (Wildman–Crippen MR) is 77.2 cm³/mol. The maximum Gasteiger partial charge on any atom is 0.120 e. The molecule has 0 aromatic heterocycles. The Hall–Kier alpha value is -1.15. The van der Waals surface area contributed by atoms with Crippen molar-refractivity contribution in [1.82, 2.24) is 4.90 Å². The van der Waals surface area contributed by atoms with Gasteiger partial charge in [0.15, 0.2) is 0 Å². The highest BCUT2D eigenvalue weighted by molar-refractivity contribution is 5.49. The van der Waals surface area contributed by atoms with E-state index in [0.29, 0.717) is 24.3 Å². The summed E-state index contributed by atoms with van der Waals surface area (Å²) in [6.07, 6.45) is 6.76. The molecule has 2 bridgehead atoms. The van der Waals surface area contributed by atoms with E-state index in [1.165, 1.54) is 24.8 Å². The second-order valence-electron chi connectivity index (χ2n) is 6.12. The molecule has 102 valence electrons. The lowest BCUT2D eigenvalue weighted by molar-refractivity contribution is -0.108. The number of piperidine rings is 1. The van der Waals surface area contributed by atoms with Gasteiger partial charge in [-0.25, -0.2) is 0 Å². The first-order valence-corrected chi connectivity index (χ1v) is 7.51. The monoisotopic (exact) mass is 257 g/mol. The highest BCUT2D eigenvalue weighted by Gasteiger charge is 2.45. The average molecular weight is 257 g/mol. The third-order valence-electron chi connectivity index (χ3n) is 5.28. The summed E-state index contributed by atoms with van der Waals surface area (Å²) >= 11 is 0. The second-order valence-corrected chi connectivity index (χ2v) is 6.12. The molecular weight excluding hydrogens is 234 g/mol. The van der Waals surface area contributed by atoms with Crippen molar-refractivity contribution < 1.29 is 4.79 Å². The van der Waals surface area contributed by atoms with Crippen molar-refractivity contribution in [2.75, 3.05) is 7.05 Å². The van der Waals surface area contributed by atoms with E-state index in [1.54, 1.807) is 0 Å². The van der Waals surface area contributed by atoms with Crippen LogP contribution in [-0.2, 0) is 4.79 Å². The van der Waals surface area contributed by atoms with E-state index in [9.17, 15) is 4.79 Å². The largest absolute Gasteiger partial charge is 0.303 e. The highest BCUT2D eigenvalue weighted by atomic mass is 16.1. The number of hydrogen-bond donors (Lipinski definition) is 0. The van der Waals surface area contributed by atoms with Crippen LogP contribution >= 0.6 is 0 Å². The minimum atomic E-state index is 0.648. The molecule has 4 atom stereocenters. The van der Waals surface area contributed by atoms with Gasteiger partial charge in [0.1, 0.15) is 6.29 Å². The SMILES string of the molecule is CN1[C@H]2CC[C@@H]1C(CCC=O)C(c1ccccc1)C2. The molecule has 2 unspecified atom stereocenters. The summed E-state index contributed by atoms with van der Waals surface area (Å²) in [6.45, 7) is 0. The Bertz CT molecular complexity index is 430. The molecule has 0 N–H and O–H groups in total. The molecule has 3 rings (SSSR count). The smallest absolute Gasteiger partial charge is 0.120 e. The van der Waals surface area contributed by atoms with Crippen LogP contribution < -0.4 is 0 Å². The van der Waals surface area contributed by atoms with E-state index in [1.807, 2.05) is 0 Å². The van der Waals surface area contributed by atoms with E-state index >= 15 is 0 Å². The number of hydrogen-bond acceptors (Lipinski definition) is 2. The molecular formula is C17H23NO. The number of aldehydes is 1. The number of rotatable bonds is 4. The number of benzene rings is 1. The summed E-state index contributed by atoms with van der Waals surface area (Å²) in [5, 5.41) is 0. The molecule has 0 amide bonds. The van der Waals surface area contributed by atoms with E-state index < -0.39 is 0 Å². The van der Waals surface area contributed by atoms with Gasteiger partial charge in [0.25, 0.3) is 0 Å². The van der Waals surface area contributed by atoms with Gasteiger partial charge in [-0.2, -0.15) is 0 Å². The third-order valence-corrected chi connectivity index (χ3v) is 5.28. The Morgan fingerprint density at radius 1 is 1.26 bits per heavy atom. The molecule has 2 nitrogen and oxygen atoms in total. The van der Waals surface area contributed by atoms with Crippen LogP contribution in [0.3, 0.4) is 0 Å². The van der Waals surface area contributed by atoms with Crippen LogP contribution in [0.2, 0.25) is 0 Å². The van der Waals surface area contributed by atoms with Gasteiger partial charge in [-0.05, 0) is 50.1 Å². The Balaban J connectivity index is 1.86. The molecule has 2 heterocycles. The van der Waals surface area contributed by atoms with Crippen molar-refractivity contribution in [2.24, 2.45) is 5.92 Å². The molecule has 0 saturated carbocycles. The predicted octanol–water partition coefficient (Wildman–Crippen LogP) is 3.23. The molecule has 2 heteroatoms. The van der Waals surface area contributed by atoms with Gasteiger partial charge in [0.05, 0.1) is 0 Å². The van der Waals surface area contributed by atoms with Crippen molar-refractivity contribution >= 4 is 6.29 Å². The second kappa shape index (κ2) is 5.46. The number of nitrogens with zero attached hydrogens (tertiary/aromatic N) is 1. The first-order valence-electron chi connectivity index (χ1n) is 7.51. The van der Waals surface area contributed by atoms with Gasteiger partial charge in [0.2, 0.25) is 0 Å². The normalized spacial score (nSPS) is 34.4. The fourth-order valence-corrected chi connectivity index (χ4v) is 4.32. The number of fused-ring (bicyclic) bond motifs is 2. The fourth-order valence-electron chi connectivity index (χ4n) is 4.32. The summed E-state index contributed by atoms with van der Waals surface area (Å²) in [4.78, 5) is 13.3. The zero-order valence-corrected chi connectivity index (χ0v) is 11.7. The molecule has 2 aliphatic rings. The molecule has 2 fully saturated rings. The first-order chi connectivity index (χ1) is 9.31. The lowest BCUT2D eigenvalue weighted by Crippen LogP contribution is -2.45. The fraction of sp³-hybridized carbons (Fsp3) is 0.588. The molecule has 0 radical (unpaired) electrons. The summed E-state index contributed by atoms with van der Waals surface area (Å²) in [5.74, 6) is 1.30. The van der Waals surface area contributed by atoms with Crippen LogP contribution in [0.4, 0.5) is 0 Å². The lowest BCUT2D eigenvalue weighted by atomic mass is 9.74. The molecule has 1 aromatic rings. The van der Waals surface area contributed by atoms with Gasteiger partial charge in [-0.3, -0.25) is 0 Å². The Labute approximate surface area is 115 Å². The number of carbonyl (C=O) groups excluding carboxylic acids is 1. The molecule has 0 aliphatic carbocycles. The van der Waals surface area contributed by atoms with E-state index in [-0.39, 0.29) is 0 Å². The van der Waals surface area contributed by atoms with Gasteiger partial charge < -0.3 is 9.69 Å². The van der Waals surface area contributed by atoms with E-state index in [0.717, 1.165) is 18.7 Å². The third kappa shape index (κ3) is 2.34. The van der Waals surface area contributed by atoms with Crippen molar-refractivity contribution in [2.45, 2.75) is 50.1 Å². The van der Waals surface area contributed by atoms with Crippen LogP contribution in [0.25, 0.3) is 0 Å². The number of carbonyl (C=O) groups is 1. The average Bonchev–Trinajstić information content (AvgIpc) is 2.70. The molecule has 0 spiro atoms. The van der Waals surface area contributed by atoms with Crippen molar-refractivity contribution in [3.05, 3.63) is 35.9 Å². The van der Waals surface area contributed by atoms with Crippen molar-refractivity contribution in [1.29, 1.82) is 0 Å². The maximum atomic E-state index is 10.8.